The van der Waals surface area contributed by atoms with Crippen molar-refractivity contribution in [2.75, 3.05) is 6.54 Å². The van der Waals surface area contributed by atoms with Crippen molar-refractivity contribution in [3.8, 4) is 11.8 Å². The molecule has 2 atom stereocenters. The van der Waals surface area contributed by atoms with Crippen molar-refractivity contribution in [2.24, 2.45) is 11.7 Å². The van der Waals surface area contributed by atoms with E-state index in [9.17, 15) is 5.26 Å². The molecule has 8 heteroatoms. The minimum Gasteiger partial charge on any atom is -0.423 e. The smallest absolute Gasteiger partial charge is 0.213 e. The molecule has 2 aliphatic heterocycles. The van der Waals surface area contributed by atoms with Crippen molar-refractivity contribution >= 4 is 0 Å². The van der Waals surface area contributed by atoms with Gasteiger partial charge in [-0.25, -0.2) is 15.1 Å². The lowest BCUT2D eigenvalue weighted by Crippen LogP contribution is -2.40. The first kappa shape index (κ1) is 18.1. The number of nitrogens with one attached hydrogen (secondary N) is 1. The van der Waals surface area contributed by atoms with Crippen LogP contribution in [0.25, 0.3) is 5.69 Å². The van der Waals surface area contributed by atoms with E-state index in [-0.39, 0.29) is 17.8 Å². The molecule has 3 N–H and O–H groups in total. The molecule has 0 amide bonds. The summed E-state index contributed by atoms with van der Waals surface area (Å²) < 4.78 is 7.58. The number of hydrazine groups is 1. The highest BCUT2D eigenvalue weighted by atomic mass is 16.5. The zero-order valence-corrected chi connectivity index (χ0v) is 16.1. The van der Waals surface area contributed by atoms with E-state index in [1.54, 1.807) is 11.0 Å². The van der Waals surface area contributed by atoms with Crippen LogP contribution in [0.2, 0.25) is 0 Å². The summed E-state index contributed by atoms with van der Waals surface area (Å²) in [6.07, 6.45) is 3.15. The van der Waals surface area contributed by atoms with Gasteiger partial charge in [-0.1, -0.05) is 26.0 Å². The lowest BCUT2D eigenvalue weighted by molar-refractivity contribution is 0.129. The quantitative estimate of drug-likeness (QED) is 0.841. The predicted molar refractivity (Wildman–Crippen MR) is 103 cm³/mol. The molecule has 0 bridgehead atoms. The average molecular weight is 377 g/mol. The first-order chi connectivity index (χ1) is 13.5. The number of ether oxygens (including phenoxy) is 1. The van der Waals surface area contributed by atoms with Crippen molar-refractivity contribution in [2.45, 2.75) is 32.7 Å². The van der Waals surface area contributed by atoms with E-state index in [0.717, 1.165) is 23.4 Å². The first-order valence-corrected chi connectivity index (χ1v) is 9.35. The van der Waals surface area contributed by atoms with E-state index in [4.69, 9.17) is 10.5 Å². The lowest BCUT2D eigenvalue weighted by Gasteiger charge is -2.29. The van der Waals surface area contributed by atoms with Crippen LogP contribution in [0.4, 0.5) is 0 Å². The van der Waals surface area contributed by atoms with Crippen LogP contribution >= 0.6 is 0 Å². The molecule has 1 aromatic carbocycles. The van der Waals surface area contributed by atoms with Crippen molar-refractivity contribution in [1.29, 1.82) is 5.26 Å². The molecule has 3 heterocycles. The van der Waals surface area contributed by atoms with E-state index in [1.807, 2.05) is 36.2 Å². The average Bonchev–Trinajstić information content (AvgIpc) is 3.35. The maximum absolute atomic E-state index is 9.82. The second-order valence-corrected chi connectivity index (χ2v) is 7.21. The Bertz CT molecular complexity index is 967. The number of nitrogens with zero attached hydrogens (tertiary/aromatic N) is 5. The summed E-state index contributed by atoms with van der Waals surface area (Å²) in [6.45, 7) is 7.08. The molecule has 8 nitrogen and oxygen atoms in total. The van der Waals surface area contributed by atoms with Crippen LogP contribution in [0.5, 0.6) is 0 Å². The molecule has 4 rings (SSSR count). The van der Waals surface area contributed by atoms with Gasteiger partial charge in [0.25, 0.3) is 0 Å². The Balaban J connectivity index is 1.81. The van der Waals surface area contributed by atoms with Gasteiger partial charge in [0.2, 0.25) is 11.8 Å². The van der Waals surface area contributed by atoms with Crippen molar-refractivity contribution < 1.29 is 4.74 Å². The number of nitrogens with two attached hydrogens (primary N) is 1. The fourth-order valence-corrected chi connectivity index (χ4v) is 3.83. The normalized spacial score (nSPS) is 21.8. The number of hydrogen-bond donors (Lipinski definition) is 2. The van der Waals surface area contributed by atoms with Gasteiger partial charge in [0.1, 0.15) is 24.3 Å². The van der Waals surface area contributed by atoms with Crippen LogP contribution in [0.15, 0.2) is 59.8 Å². The van der Waals surface area contributed by atoms with Gasteiger partial charge in [-0.15, -0.1) is 0 Å². The number of rotatable bonds is 4. The van der Waals surface area contributed by atoms with Gasteiger partial charge in [-0.2, -0.15) is 10.4 Å². The molecule has 0 fully saturated rings. The Morgan fingerprint density at radius 2 is 2.07 bits per heavy atom. The third-order valence-electron chi connectivity index (χ3n) is 5.21. The van der Waals surface area contributed by atoms with Crippen molar-refractivity contribution in [3.63, 3.8) is 0 Å². The van der Waals surface area contributed by atoms with E-state index < -0.39 is 0 Å². The number of benzene rings is 1. The molecule has 2 aliphatic rings. The summed E-state index contributed by atoms with van der Waals surface area (Å²) in [5, 5.41) is 15.9. The Morgan fingerprint density at radius 3 is 2.64 bits per heavy atom. The van der Waals surface area contributed by atoms with Crippen LogP contribution in [0.3, 0.4) is 0 Å². The number of allylic oxidation sites excluding steroid dienone is 1. The molecule has 0 spiro atoms. The topological polar surface area (TPSA) is 105 Å². The van der Waals surface area contributed by atoms with Crippen LogP contribution in [0.1, 0.15) is 32.3 Å². The third kappa shape index (κ3) is 2.80. The van der Waals surface area contributed by atoms with E-state index in [1.165, 1.54) is 6.33 Å². The van der Waals surface area contributed by atoms with Crippen LogP contribution in [0, 0.1) is 17.2 Å². The Labute approximate surface area is 163 Å². The predicted octanol–water partition coefficient (Wildman–Crippen LogP) is 2.15. The molecule has 0 saturated carbocycles. The zero-order valence-electron chi connectivity index (χ0n) is 16.1. The molecule has 0 saturated heterocycles. The number of aromatic nitrogens is 3. The zero-order chi connectivity index (χ0) is 19.8. The van der Waals surface area contributed by atoms with Gasteiger partial charge in [0.05, 0.1) is 17.6 Å². The van der Waals surface area contributed by atoms with Gasteiger partial charge < -0.3 is 10.5 Å². The molecule has 1 aromatic heterocycles. The summed E-state index contributed by atoms with van der Waals surface area (Å²) in [6, 6.07) is 10.3. The highest BCUT2D eigenvalue weighted by Crippen LogP contribution is 2.45. The molecular formula is C20H23N7O. The number of nitriles is 1. The highest BCUT2D eigenvalue weighted by molar-refractivity contribution is 5.52. The molecule has 2 aromatic rings. The largest absolute Gasteiger partial charge is 0.423 e. The monoisotopic (exact) mass is 377 g/mol. The van der Waals surface area contributed by atoms with Gasteiger partial charge in [0.15, 0.2) is 0 Å². The summed E-state index contributed by atoms with van der Waals surface area (Å²) in [5.41, 5.74) is 13.0. The minimum atomic E-state index is -0.255. The maximum atomic E-state index is 9.82. The van der Waals surface area contributed by atoms with Crippen LogP contribution in [-0.4, -0.2) is 32.4 Å². The van der Waals surface area contributed by atoms with Gasteiger partial charge in [-0.05, 0) is 30.5 Å². The standard InChI is InChI=1S/C20H23N7O/c1-4-26-20-17(18(25-26)12(2)3)16(15(9-21)19(22)28-20)13-5-7-14(8-6-13)27-11-23-10-24-27/h5-8,10-12,16,18,25H,4,22H2,1-3H3. The molecular weight excluding hydrogens is 354 g/mol. The third-order valence-corrected chi connectivity index (χ3v) is 5.21. The van der Waals surface area contributed by atoms with Crippen LogP contribution < -0.4 is 11.2 Å². The lowest BCUT2D eigenvalue weighted by atomic mass is 9.78. The molecule has 144 valence electrons. The first-order valence-electron chi connectivity index (χ1n) is 9.35. The summed E-state index contributed by atoms with van der Waals surface area (Å²) in [4.78, 5) is 3.98. The van der Waals surface area contributed by atoms with Gasteiger partial charge in [-0.3, -0.25) is 5.01 Å². The fraction of sp³-hybridized carbons (Fsp3) is 0.350. The fourth-order valence-electron chi connectivity index (χ4n) is 3.83. The Hall–Kier alpha value is -3.31. The van der Waals surface area contributed by atoms with Gasteiger partial charge in [0, 0.05) is 12.1 Å². The second-order valence-electron chi connectivity index (χ2n) is 7.21. The highest BCUT2D eigenvalue weighted by Gasteiger charge is 2.44. The summed E-state index contributed by atoms with van der Waals surface area (Å²) in [7, 11) is 0. The van der Waals surface area contributed by atoms with Gasteiger partial charge >= 0.3 is 0 Å². The SMILES string of the molecule is CCN1NC(C(C)C)C2=C1OC(N)=C(C#N)C2c1ccc(-n2cncn2)cc1. The van der Waals surface area contributed by atoms with Crippen molar-refractivity contribution in [1.82, 2.24) is 25.2 Å². The minimum absolute atomic E-state index is 0.0615. The van der Waals surface area contributed by atoms with Crippen LogP contribution in [-0.2, 0) is 4.74 Å². The van der Waals surface area contributed by atoms with E-state index in [2.05, 4.69) is 35.4 Å². The molecule has 28 heavy (non-hydrogen) atoms. The van der Waals surface area contributed by atoms with E-state index >= 15 is 0 Å². The Kier molecular flexibility index (Phi) is 4.53. The Morgan fingerprint density at radius 1 is 1.32 bits per heavy atom. The molecule has 0 radical (unpaired) electrons. The molecule has 2 unspecified atom stereocenters. The molecule has 0 aliphatic carbocycles. The number of hydrogen-bond acceptors (Lipinski definition) is 7. The summed E-state index contributed by atoms with van der Waals surface area (Å²) in [5.74, 6) is 0.940. The maximum Gasteiger partial charge on any atom is 0.213 e. The van der Waals surface area contributed by atoms with E-state index in [0.29, 0.717) is 17.4 Å². The second kappa shape index (κ2) is 7.02. The van der Waals surface area contributed by atoms with Crippen molar-refractivity contribution in [3.05, 3.63) is 65.4 Å². The summed E-state index contributed by atoms with van der Waals surface area (Å²) >= 11 is 0.